The van der Waals surface area contributed by atoms with Crippen molar-refractivity contribution in [2.45, 2.75) is 52.3 Å². The molecular formula is C14H25N3OS. The van der Waals surface area contributed by atoms with Crippen molar-refractivity contribution in [3.63, 3.8) is 0 Å². The normalized spacial score (nSPS) is 23.8. The zero-order valence-electron chi connectivity index (χ0n) is 12.2. The molecule has 108 valence electrons. The fraction of sp³-hybridized carbons (Fsp3) is 0.786. The molecule has 0 aliphatic carbocycles. The van der Waals surface area contributed by atoms with Gasteiger partial charge in [0.05, 0.1) is 18.8 Å². The molecule has 0 spiro atoms. The van der Waals surface area contributed by atoms with Gasteiger partial charge in [-0.1, -0.05) is 13.8 Å². The lowest BCUT2D eigenvalue weighted by molar-refractivity contribution is 0.0299. The first kappa shape index (κ1) is 14.8. The molecule has 1 fully saturated rings. The quantitative estimate of drug-likeness (QED) is 0.815. The van der Waals surface area contributed by atoms with Crippen molar-refractivity contribution in [1.82, 2.24) is 10.3 Å². The van der Waals surface area contributed by atoms with E-state index in [-0.39, 0.29) is 0 Å². The number of nitrogens with one attached hydrogen (secondary N) is 1. The summed E-state index contributed by atoms with van der Waals surface area (Å²) in [5.41, 5.74) is 0. The summed E-state index contributed by atoms with van der Waals surface area (Å²) in [6, 6.07) is 0.471. The Bertz CT molecular complexity index is 383. The molecule has 2 unspecified atom stereocenters. The number of aromatic nitrogens is 1. The van der Waals surface area contributed by atoms with Crippen LogP contribution >= 0.6 is 11.3 Å². The highest BCUT2D eigenvalue weighted by Gasteiger charge is 2.27. The molecule has 2 heterocycles. The molecule has 19 heavy (non-hydrogen) atoms. The van der Waals surface area contributed by atoms with E-state index in [2.05, 4.69) is 36.0 Å². The second kappa shape index (κ2) is 7.22. The number of rotatable bonds is 6. The van der Waals surface area contributed by atoms with Gasteiger partial charge in [-0.05, 0) is 26.3 Å². The van der Waals surface area contributed by atoms with E-state index >= 15 is 0 Å². The molecule has 5 heteroatoms. The molecular weight excluding hydrogens is 258 g/mol. The predicted octanol–water partition coefficient (Wildman–Crippen LogP) is 2.65. The van der Waals surface area contributed by atoms with Gasteiger partial charge in [0, 0.05) is 24.2 Å². The number of ether oxygens (including phenoxy) is 1. The fourth-order valence-electron chi connectivity index (χ4n) is 2.32. The fourth-order valence-corrected chi connectivity index (χ4v) is 3.28. The van der Waals surface area contributed by atoms with Crippen LogP contribution in [-0.4, -0.2) is 36.8 Å². The summed E-state index contributed by atoms with van der Waals surface area (Å²) >= 11 is 1.81. The molecule has 1 N–H and O–H groups in total. The minimum absolute atomic E-state index is 0.299. The number of nitrogens with zero attached hydrogens (tertiary/aromatic N) is 2. The average molecular weight is 283 g/mol. The number of anilines is 1. The Morgan fingerprint density at radius 1 is 1.53 bits per heavy atom. The first-order valence-corrected chi connectivity index (χ1v) is 8.09. The summed E-state index contributed by atoms with van der Waals surface area (Å²) in [6.07, 6.45) is 4.59. The third-order valence-electron chi connectivity index (χ3n) is 3.45. The van der Waals surface area contributed by atoms with E-state index in [1.54, 1.807) is 0 Å². The van der Waals surface area contributed by atoms with Gasteiger partial charge in [0.15, 0.2) is 5.13 Å². The monoisotopic (exact) mass is 283 g/mol. The number of thiazole rings is 1. The maximum absolute atomic E-state index is 5.74. The highest BCUT2D eigenvalue weighted by Crippen LogP contribution is 2.28. The molecule has 2 atom stereocenters. The van der Waals surface area contributed by atoms with Crippen LogP contribution in [0.2, 0.25) is 0 Å². The van der Waals surface area contributed by atoms with Crippen molar-refractivity contribution in [1.29, 1.82) is 0 Å². The van der Waals surface area contributed by atoms with Gasteiger partial charge in [-0.3, -0.25) is 0 Å². The second-order valence-electron chi connectivity index (χ2n) is 5.14. The van der Waals surface area contributed by atoms with Crippen LogP contribution in [-0.2, 0) is 11.3 Å². The zero-order valence-corrected chi connectivity index (χ0v) is 13.0. The van der Waals surface area contributed by atoms with E-state index in [1.807, 2.05) is 17.5 Å². The van der Waals surface area contributed by atoms with Gasteiger partial charge < -0.3 is 15.0 Å². The van der Waals surface area contributed by atoms with Crippen LogP contribution < -0.4 is 10.2 Å². The van der Waals surface area contributed by atoms with Crippen LogP contribution in [0.4, 0.5) is 5.13 Å². The Morgan fingerprint density at radius 3 is 3.11 bits per heavy atom. The zero-order chi connectivity index (χ0) is 13.7. The molecule has 1 aromatic heterocycles. The van der Waals surface area contributed by atoms with Gasteiger partial charge >= 0.3 is 0 Å². The summed E-state index contributed by atoms with van der Waals surface area (Å²) in [7, 11) is 0. The topological polar surface area (TPSA) is 37.4 Å². The number of hydrogen-bond acceptors (Lipinski definition) is 5. The van der Waals surface area contributed by atoms with Crippen LogP contribution in [0.1, 0.15) is 38.5 Å². The summed E-state index contributed by atoms with van der Waals surface area (Å²) < 4.78 is 5.74. The van der Waals surface area contributed by atoms with Crippen LogP contribution in [0, 0.1) is 0 Å². The Balaban J connectivity index is 1.99. The first-order valence-electron chi connectivity index (χ1n) is 7.28. The molecule has 0 bridgehead atoms. The van der Waals surface area contributed by atoms with Gasteiger partial charge in [0.1, 0.15) is 0 Å². The molecule has 0 radical (unpaired) electrons. The summed E-state index contributed by atoms with van der Waals surface area (Å²) in [6.45, 7) is 10.3. The van der Waals surface area contributed by atoms with E-state index in [4.69, 9.17) is 4.74 Å². The molecule has 0 aromatic carbocycles. The molecule has 1 aliphatic heterocycles. The minimum Gasteiger partial charge on any atom is -0.375 e. The van der Waals surface area contributed by atoms with Crippen LogP contribution in [0.15, 0.2) is 6.20 Å². The molecule has 1 aliphatic rings. The lowest BCUT2D eigenvalue weighted by Crippen LogP contribution is -2.48. The van der Waals surface area contributed by atoms with Crippen molar-refractivity contribution in [2.24, 2.45) is 0 Å². The Morgan fingerprint density at radius 2 is 2.37 bits per heavy atom. The third kappa shape index (κ3) is 3.91. The van der Waals surface area contributed by atoms with E-state index in [0.717, 1.165) is 37.8 Å². The van der Waals surface area contributed by atoms with Gasteiger partial charge in [0.25, 0.3) is 0 Å². The standard InChI is InChI=1S/C14H25N3OS/c1-4-6-15-7-13-8-16-14(19-13)17-9-11(3)18-10-12(17)5-2/h8,11-12,15H,4-7,9-10H2,1-3H3. The Hall–Kier alpha value is -0.650. The maximum Gasteiger partial charge on any atom is 0.185 e. The van der Waals surface area contributed by atoms with Crippen LogP contribution in [0.5, 0.6) is 0 Å². The molecule has 1 aromatic rings. The Labute approximate surface area is 120 Å². The highest BCUT2D eigenvalue weighted by atomic mass is 32.1. The molecule has 0 saturated carbocycles. The van der Waals surface area contributed by atoms with Crippen LogP contribution in [0.3, 0.4) is 0 Å². The smallest absolute Gasteiger partial charge is 0.185 e. The van der Waals surface area contributed by atoms with Crippen molar-refractivity contribution in [3.8, 4) is 0 Å². The van der Waals surface area contributed by atoms with Crippen molar-refractivity contribution in [3.05, 3.63) is 11.1 Å². The van der Waals surface area contributed by atoms with Crippen molar-refractivity contribution in [2.75, 3.05) is 24.6 Å². The van der Waals surface area contributed by atoms with E-state index in [9.17, 15) is 0 Å². The minimum atomic E-state index is 0.299. The van der Waals surface area contributed by atoms with Gasteiger partial charge in [0.2, 0.25) is 0 Å². The molecule has 4 nitrogen and oxygen atoms in total. The van der Waals surface area contributed by atoms with Crippen LogP contribution in [0.25, 0.3) is 0 Å². The van der Waals surface area contributed by atoms with Crippen molar-refractivity contribution < 1.29 is 4.74 Å². The third-order valence-corrected chi connectivity index (χ3v) is 4.49. The summed E-state index contributed by atoms with van der Waals surface area (Å²) in [5.74, 6) is 0. The predicted molar refractivity (Wildman–Crippen MR) is 81.0 cm³/mol. The number of hydrogen-bond donors (Lipinski definition) is 1. The first-order chi connectivity index (χ1) is 9.24. The average Bonchev–Trinajstić information content (AvgIpc) is 2.88. The SMILES string of the molecule is CCCNCc1cnc(N2CC(C)OCC2CC)s1. The summed E-state index contributed by atoms with van der Waals surface area (Å²) in [5, 5.41) is 4.58. The van der Waals surface area contributed by atoms with E-state index in [1.165, 1.54) is 11.3 Å². The highest BCUT2D eigenvalue weighted by molar-refractivity contribution is 7.15. The van der Waals surface area contributed by atoms with Gasteiger partial charge in [-0.15, -0.1) is 11.3 Å². The largest absolute Gasteiger partial charge is 0.375 e. The molecule has 0 amide bonds. The second-order valence-corrected chi connectivity index (χ2v) is 6.24. The summed E-state index contributed by atoms with van der Waals surface area (Å²) in [4.78, 5) is 8.34. The lowest BCUT2D eigenvalue weighted by Gasteiger charge is -2.38. The molecule has 1 saturated heterocycles. The van der Waals surface area contributed by atoms with E-state index in [0.29, 0.717) is 12.1 Å². The van der Waals surface area contributed by atoms with Crippen molar-refractivity contribution >= 4 is 16.5 Å². The lowest BCUT2D eigenvalue weighted by atomic mass is 10.1. The van der Waals surface area contributed by atoms with E-state index < -0.39 is 0 Å². The maximum atomic E-state index is 5.74. The number of morpholine rings is 1. The Kier molecular flexibility index (Phi) is 5.60. The molecule has 2 rings (SSSR count). The van der Waals surface area contributed by atoms with Gasteiger partial charge in [-0.25, -0.2) is 4.98 Å². The van der Waals surface area contributed by atoms with Gasteiger partial charge in [-0.2, -0.15) is 0 Å².